The van der Waals surface area contributed by atoms with E-state index in [9.17, 15) is 0 Å². The first-order valence-electron chi connectivity index (χ1n) is 5.95. The molecule has 17 heavy (non-hydrogen) atoms. The van der Waals surface area contributed by atoms with E-state index in [1.54, 1.807) is 6.07 Å². The molecule has 0 aliphatic rings. The number of thiol groups is 1. The van der Waals surface area contributed by atoms with Crippen LogP contribution in [0.4, 0.5) is 0 Å². The number of hydrogen-bond acceptors (Lipinski definition) is 3. The average molecular weight is 249 g/mol. The highest BCUT2D eigenvalue weighted by molar-refractivity contribution is 7.80. The Hall–Kier alpha value is -1.14. The second kappa shape index (κ2) is 7.24. The maximum Gasteiger partial charge on any atom is 0.123 e. The fraction of sp³-hybridized carbons (Fsp3) is 0.500. The Labute approximate surface area is 109 Å². The smallest absolute Gasteiger partial charge is 0.123 e. The number of nitriles is 1. The normalized spacial score (nSPS) is 11.9. The van der Waals surface area contributed by atoms with Gasteiger partial charge in [0.2, 0.25) is 0 Å². The van der Waals surface area contributed by atoms with Gasteiger partial charge in [0.1, 0.15) is 5.75 Å². The Bertz CT molecular complexity index is 398. The molecule has 0 N–H and O–H groups in total. The lowest BCUT2D eigenvalue weighted by Crippen LogP contribution is -2.14. The molecule has 1 aromatic rings. The zero-order chi connectivity index (χ0) is 12.7. The molecule has 0 heterocycles. The molecular weight excluding hydrogens is 230 g/mol. The second-order valence-corrected chi connectivity index (χ2v) is 4.61. The molecule has 0 bridgehead atoms. The number of rotatable bonds is 6. The lowest BCUT2D eigenvalue weighted by atomic mass is 10.1. The van der Waals surface area contributed by atoms with Gasteiger partial charge in [-0.3, -0.25) is 0 Å². The van der Waals surface area contributed by atoms with Crippen LogP contribution >= 0.6 is 12.6 Å². The summed E-state index contributed by atoms with van der Waals surface area (Å²) in [5.74, 6) is 2.13. The third-order valence-corrected chi connectivity index (χ3v) is 3.26. The molecule has 1 aromatic carbocycles. The Kier molecular flexibility index (Phi) is 5.93. The van der Waals surface area contributed by atoms with Crippen LogP contribution in [0.5, 0.6) is 5.75 Å². The van der Waals surface area contributed by atoms with Gasteiger partial charge in [-0.1, -0.05) is 19.4 Å². The van der Waals surface area contributed by atoms with Crippen LogP contribution in [0, 0.1) is 24.2 Å². The maximum absolute atomic E-state index is 8.84. The fourth-order valence-corrected chi connectivity index (χ4v) is 1.96. The number of nitrogens with zero attached hydrogens (tertiary/aromatic N) is 1. The lowest BCUT2D eigenvalue weighted by Gasteiger charge is -2.16. The lowest BCUT2D eigenvalue weighted by molar-refractivity contribution is 0.253. The molecule has 0 amide bonds. The Morgan fingerprint density at radius 3 is 2.82 bits per heavy atom. The van der Waals surface area contributed by atoms with E-state index in [4.69, 9.17) is 10.00 Å². The summed E-state index contributed by atoms with van der Waals surface area (Å²) in [6, 6.07) is 7.66. The van der Waals surface area contributed by atoms with Crippen molar-refractivity contribution in [1.82, 2.24) is 0 Å². The topological polar surface area (TPSA) is 33.0 Å². The Morgan fingerprint density at radius 1 is 1.47 bits per heavy atom. The molecule has 0 aliphatic carbocycles. The van der Waals surface area contributed by atoms with Gasteiger partial charge >= 0.3 is 0 Å². The first kappa shape index (κ1) is 13.9. The van der Waals surface area contributed by atoms with E-state index in [0.717, 1.165) is 29.9 Å². The van der Waals surface area contributed by atoms with Crippen LogP contribution in [0.3, 0.4) is 0 Å². The van der Waals surface area contributed by atoms with Crippen molar-refractivity contribution >= 4 is 12.6 Å². The van der Waals surface area contributed by atoms with Crippen molar-refractivity contribution in [1.29, 1.82) is 5.26 Å². The van der Waals surface area contributed by atoms with Crippen molar-refractivity contribution in [3.05, 3.63) is 29.3 Å². The van der Waals surface area contributed by atoms with Gasteiger partial charge in [0.05, 0.1) is 18.2 Å². The fourth-order valence-electron chi connectivity index (χ4n) is 1.67. The summed E-state index contributed by atoms with van der Waals surface area (Å²) in [6.07, 6.45) is 2.27. The second-order valence-electron chi connectivity index (χ2n) is 4.24. The van der Waals surface area contributed by atoms with Gasteiger partial charge < -0.3 is 4.74 Å². The standard InChI is InChI=1S/C14H19NOS/c1-3-4-13(10-17)9-16-14-7-12(8-15)6-5-11(14)2/h5-7,13,17H,3-4,9-10H2,1-2H3. The predicted molar refractivity (Wildman–Crippen MR) is 73.6 cm³/mol. The van der Waals surface area contributed by atoms with E-state index in [0.29, 0.717) is 18.1 Å². The molecule has 0 aromatic heterocycles. The molecule has 0 fully saturated rings. The average Bonchev–Trinajstić information content (AvgIpc) is 2.36. The van der Waals surface area contributed by atoms with Crippen molar-refractivity contribution < 1.29 is 4.74 Å². The zero-order valence-corrected chi connectivity index (χ0v) is 11.3. The van der Waals surface area contributed by atoms with Gasteiger partial charge in [0, 0.05) is 5.92 Å². The van der Waals surface area contributed by atoms with Gasteiger partial charge in [-0.15, -0.1) is 0 Å². The third-order valence-electron chi connectivity index (χ3n) is 2.75. The predicted octanol–water partition coefficient (Wildman–Crippen LogP) is 3.59. The molecule has 0 aliphatic heterocycles. The Morgan fingerprint density at radius 2 is 2.24 bits per heavy atom. The van der Waals surface area contributed by atoms with Crippen molar-refractivity contribution in [2.45, 2.75) is 26.7 Å². The summed E-state index contributed by atoms with van der Waals surface area (Å²) >= 11 is 4.33. The summed E-state index contributed by atoms with van der Waals surface area (Å²) in [7, 11) is 0. The number of aryl methyl sites for hydroxylation is 1. The first-order valence-corrected chi connectivity index (χ1v) is 6.58. The van der Waals surface area contributed by atoms with Crippen molar-refractivity contribution in [2.24, 2.45) is 5.92 Å². The van der Waals surface area contributed by atoms with Crippen LogP contribution in [0.25, 0.3) is 0 Å². The SMILES string of the molecule is CCCC(CS)COc1cc(C#N)ccc1C. The van der Waals surface area contributed by atoms with E-state index < -0.39 is 0 Å². The van der Waals surface area contributed by atoms with Gasteiger partial charge in [-0.25, -0.2) is 0 Å². The molecule has 3 heteroatoms. The van der Waals surface area contributed by atoms with E-state index in [2.05, 4.69) is 25.6 Å². The summed E-state index contributed by atoms with van der Waals surface area (Å²) in [5.41, 5.74) is 1.71. The largest absolute Gasteiger partial charge is 0.493 e. The van der Waals surface area contributed by atoms with Crippen LogP contribution in [0.2, 0.25) is 0 Å². The molecule has 1 atom stereocenters. The van der Waals surface area contributed by atoms with Crippen LogP contribution in [-0.4, -0.2) is 12.4 Å². The maximum atomic E-state index is 8.84. The molecule has 0 saturated heterocycles. The van der Waals surface area contributed by atoms with E-state index >= 15 is 0 Å². The summed E-state index contributed by atoms with van der Waals surface area (Å²) in [5, 5.41) is 8.84. The quantitative estimate of drug-likeness (QED) is 0.781. The molecule has 0 saturated carbocycles. The molecular formula is C14H19NOS. The van der Waals surface area contributed by atoms with Crippen molar-refractivity contribution in [3.8, 4) is 11.8 Å². The van der Waals surface area contributed by atoms with E-state index in [1.165, 1.54) is 0 Å². The molecule has 92 valence electrons. The summed E-state index contributed by atoms with van der Waals surface area (Å²) in [6.45, 7) is 4.83. The minimum atomic E-state index is 0.480. The van der Waals surface area contributed by atoms with Gasteiger partial charge in [-0.05, 0) is 36.8 Å². The zero-order valence-electron chi connectivity index (χ0n) is 10.4. The van der Waals surface area contributed by atoms with E-state index in [-0.39, 0.29) is 0 Å². The first-order chi connectivity index (χ1) is 8.21. The molecule has 1 rings (SSSR count). The minimum absolute atomic E-state index is 0.480. The number of ether oxygens (including phenoxy) is 1. The highest BCUT2D eigenvalue weighted by Crippen LogP contribution is 2.21. The molecule has 1 unspecified atom stereocenters. The monoisotopic (exact) mass is 249 g/mol. The number of benzene rings is 1. The highest BCUT2D eigenvalue weighted by Gasteiger charge is 2.08. The van der Waals surface area contributed by atoms with Gasteiger partial charge in [0.15, 0.2) is 0 Å². The highest BCUT2D eigenvalue weighted by atomic mass is 32.1. The van der Waals surface area contributed by atoms with Crippen LogP contribution in [0.1, 0.15) is 30.9 Å². The third kappa shape index (κ3) is 4.32. The minimum Gasteiger partial charge on any atom is -0.493 e. The van der Waals surface area contributed by atoms with Gasteiger partial charge in [-0.2, -0.15) is 17.9 Å². The summed E-state index contributed by atoms with van der Waals surface area (Å²) < 4.78 is 5.78. The molecule has 0 spiro atoms. The van der Waals surface area contributed by atoms with Gasteiger partial charge in [0.25, 0.3) is 0 Å². The van der Waals surface area contributed by atoms with Crippen molar-refractivity contribution in [3.63, 3.8) is 0 Å². The molecule has 2 nitrogen and oxygen atoms in total. The van der Waals surface area contributed by atoms with Crippen molar-refractivity contribution in [2.75, 3.05) is 12.4 Å². The van der Waals surface area contributed by atoms with Crippen LogP contribution in [-0.2, 0) is 0 Å². The molecule has 0 radical (unpaired) electrons. The van der Waals surface area contributed by atoms with Crippen LogP contribution in [0.15, 0.2) is 18.2 Å². The number of hydrogen-bond donors (Lipinski definition) is 1. The van der Waals surface area contributed by atoms with Crippen LogP contribution < -0.4 is 4.74 Å². The summed E-state index contributed by atoms with van der Waals surface area (Å²) in [4.78, 5) is 0. The van der Waals surface area contributed by atoms with E-state index in [1.807, 2.05) is 19.1 Å². The Balaban J connectivity index is 2.65.